The van der Waals surface area contributed by atoms with E-state index in [1.54, 1.807) is 0 Å². The molecule has 0 spiro atoms. The van der Waals surface area contributed by atoms with Gasteiger partial charge in [0.05, 0.1) is 18.6 Å². The molecule has 2 aromatic carbocycles. The zero-order valence-electron chi connectivity index (χ0n) is 9.80. The van der Waals surface area contributed by atoms with Crippen molar-refractivity contribution in [2.24, 2.45) is 0 Å². The summed E-state index contributed by atoms with van der Waals surface area (Å²) in [6.45, 7) is 1.06. The summed E-state index contributed by atoms with van der Waals surface area (Å²) in [6, 6.07) is 0. The first-order valence-corrected chi connectivity index (χ1v) is 5.27. The van der Waals surface area contributed by atoms with Crippen molar-refractivity contribution in [3.63, 3.8) is 0 Å². The highest BCUT2D eigenvalue weighted by Crippen LogP contribution is 2.36. The minimum absolute atomic E-state index is 1.06. The molecule has 0 saturated heterocycles. The van der Waals surface area contributed by atoms with Crippen LogP contribution < -0.4 is 0 Å². The Bertz CT molecular complexity index is 724. The van der Waals surface area contributed by atoms with Crippen LogP contribution in [0.5, 0.6) is 0 Å². The maximum Gasteiger partial charge on any atom is 0.198 e. The first-order valence-electron chi connectivity index (χ1n) is 5.27. The third kappa shape index (κ3) is 1.77. The number of benzene rings is 2. The molecule has 0 saturated carbocycles. The number of halogens is 7. The fraction of sp³-hybridized carbons (Fsp3) is 0.167. The SMILES string of the molecule is [B]C(C)c1c(F)c(F)c2c(F)c(F)c(F)c(F)c2c1F. The molecule has 0 bridgehead atoms. The predicted molar refractivity (Wildman–Crippen MR) is 57.8 cm³/mol. The van der Waals surface area contributed by atoms with Crippen molar-refractivity contribution in [2.45, 2.75) is 12.7 Å². The normalized spacial score (nSPS) is 13.0. The van der Waals surface area contributed by atoms with Gasteiger partial charge in [-0.3, -0.25) is 0 Å². The fourth-order valence-corrected chi connectivity index (χ4v) is 1.90. The van der Waals surface area contributed by atoms with E-state index in [1.807, 2.05) is 0 Å². The van der Waals surface area contributed by atoms with Gasteiger partial charge in [-0.15, -0.1) is 0 Å². The van der Waals surface area contributed by atoms with Gasteiger partial charge in [0.1, 0.15) is 5.82 Å². The summed E-state index contributed by atoms with van der Waals surface area (Å²) in [4.78, 5) is 0. The second-order valence-electron chi connectivity index (χ2n) is 4.15. The Labute approximate surface area is 109 Å². The Morgan fingerprint density at radius 2 is 0.950 bits per heavy atom. The van der Waals surface area contributed by atoms with E-state index in [0.29, 0.717) is 0 Å². The summed E-state index contributed by atoms with van der Waals surface area (Å²) < 4.78 is 94.1. The lowest BCUT2D eigenvalue weighted by Gasteiger charge is -2.14. The molecular weight excluding hydrogens is 288 g/mol. The van der Waals surface area contributed by atoms with E-state index in [4.69, 9.17) is 7.85 Å². The topological polar surface area (TPSA) is 0 Å². The zero-order valence-corrected chi connectivity index (χ0v) is 9.80. The Kier molecular flexibility index (Phi) is 3.43. The average Bonchev–Trinajstić information content (AvgIpc) is 2.37. The molecule has 0 aliphatic carbocycles. The molecule has 0 fully saturated rings. The van der Waals surface area contributed by atoms with Gasteiger partial charge in [-0.2, -0.15) is 0 Å². The highest BCUT2D eigenvalue weighted by atomic mass is 19.2. The molecule has 0 heterocycles. The van der Waals surface area contributed by atoms with Crippen LogP contribution in [-0.4, -0.2) is 7.85 Å². The lowest BCUT2D eigenvalue weighted by atomic mass is 9.81. The molecule has 0 aliphatic heterocycles. The van der Waals surface area contributed by atoms with E-state index < -0.39 is 62.9 Å². The molecule has 2 rings (SSSR count). The van der Waals surface area contributed by atoms with Crippen LogP contribution in [0.3, 0.4) is 0 Å². The van der Waals surface area contributed by atoms with Crippen LogP contribution in [0.4, 0.5) is 30.7 Å². The van der Waals surface area contributed by atoms with E-state index in [0.717, 1.165) is 6.92 Å². The first kappa shape index (κ1) is 14.7. The molecule has 1 atom stereocenters. The fourth-order valence-electron chi connectivity index (χ4n) is 1.90. The minimum Gasteiger partial charge on any atom is -0.206 e. The molecular formula is C12H4BF7. The quantitative estimate of drug-likeness (QED) is 0.322. The van der Waals surface area contributed by atoms with Crippen LogP contribution in [0.25, 0.3) is 10.8 Å². The number of rotatable bonds is 1. The van der Waals surface area contributed by atoms with Crippen molar-refractivity contribution in [1.82, 2.24) is 0 Å². The summed E-state index contributed by atoms with van der Waals surface area (Å²) >= 11 is 0. The summed E-state index contributed by atoms with van der Waals surface area (Å²) in [7, 11) is 5.20. The Morgan fingerprint density at radius 3 is 1.35 bits per heavy atom. The summed E-state index contributed by atoms with van der Waals surface area (Å²) in [5.41, 5.74) is -1.08. The van der Waals surface area contributed by atoms with Gasteiger partial charge in [-0.1, -0.05) is 6.92 Å². The van der Waals surface area contributed by atoms with Crippen LogP contribution in [-0.2, 0) is 0 Å². The van der Waals surface area contributed by atoms with E-state index in [1.165, 1.54) is 0 Å². The molecule has 8 heteroatoms. The highest BCUT2D eigenvalue weighted by molar-refractivity contribution is 6.12. The number of hydrogen-bond donors (Lipinski definition) is 0. The van der Waals surface area contributed by atoms with Crippen LogP contribution >= 0.6 is 0 Å². The smallest absolute Gasteiger partial charge is 0.198 e. The van der Waals surface area contributed by atoms with Gasteiger partial charge in [-0.05, 0) is 5.82 Å². The predicted octanol–water partition coefficient (Wildman–Crippen LogP) is 4.04. The third-order valence-electron chi connectivity index (χ3n) is 2.83. The Balaban J connectivity index is 3.17. The Hall–Kier alpha value is -1.73. The van der Waals surface area contributed by atoms with E-state index in [-0.39, 0.29) is 0 Å². The maximum absolute atomic E-state index is 13.9. The molecule has 2 aromatic rings. The molecule has 1 unspecified atom stereocenters. The third-order valence-corrected chi connectivity index (χ3v) is 2.83. The largest absolute Gasteiger partial charge is 0.206 e. The average molecular weight is 292 g/mol. The van der Waals surface area contributed by atoms with Crippen molar-refractivity contribution in [1.29, 1.82) is 0 Å². The van der Waals surface area contributed by atoms with Gasteiger partial charge in [0.15, 0.2) is 34.9 Å². The molecule has 0 amide bonds. The molecule has 0 N–H and O–H groups in total. The lowest BCUT2D eigenvalue weighted by molar-refractivity contribution is 0.410. The summed E-state index contributed by atoms with van der Waals surface area (Å²) in [6.07, 6.45) is 0. The van der Waals surface area contributed by atoms with Crippen LogP contribution in [0.1, 0.15) is 18.3 Å². The van der Waals surface area contributed by atoms with Crippen LogP contribution in [0, 0.1) is 40.7 Å². The molecule has 20 heavy (non-hydrogen) atoms. The van der Waals surface area contributed by atoms with Gasteiger partial charge < -0.3 is 0 Å². The van der Waals surface area contributed by atoms with E-state index >= 15 is 0 Å². The van der Waals surface area contributed by atoms with E-state index in [9.17, 15) is 30.7 Å². The van der Waals surface area contributed by atoms with Crippen molar-refractivity contribution in [2.75, 3.05) is 0 Å². The molecule has 104 valence electrons. The van der Waals surface area contributed by atoms with Gasteiger partial charge in [-0.25, -0.2) is 30.7 Å². The van der Waals surface area contributed by atoms with Crippen molar-refractivity contribution in [3.8, 4) is 0 Å². The first-order chi connectivity index (χ1) is 9.20. The molecule has 0 aliphatic rings. The molecule has 2 radical (unpaired) electrons. The van der Waals surface area contributed by atoms with E-state index in [2.05, 4.69) is 0 Å². The number of fused-ring (bicyclic) bond motifs is 1. The van der Waals surface area contributed by atoms with Crippen LogP contribution in [0.2, 0.25) is 0 Å². The van der Waals surface area contributed by atoms with Gasteiger partial charge in [0.25, 0.3) is 0 Å². The summed E-state index contributed by atoms with van der Waals surface area (Å²) in [5.74, 6) is -16.2. The second-order valence-corrected chi connectivity index (χ2v) is 4.15. The lowest BCUT2D eigenvalue weighted by Crippen LogP contribution is -2.09. The van der Waals surface area contributed by atoms with Crippen molar-refractivity contribution >= 4 is 18.6 Å². The van der Waals surface area contributed by atoms with Gasteiger partial charge >= 0.3 is 0 Å². The summed E-state index contributed by atoms with van der Waals surface area (Å²) in [5, 5.41) is -3.16. The minimum atomic E-state index is -2.36. The Morgan fingerprint density at radius 1 is 0.600 bits per heavy atom. The monoisotopic (exact) mass is 292 g/mol. The number of hydrogen-bond acceptors (Lipinski definition) is 0. The molecule has 0 aromatic heterocycles. The van der Waals surface area contributed by atoms with Gasteiger partial charge in [0, 0.05) is 5.56 Å². The zero-order chi connectivity index (χ0) is 15.4. The standard InChI is InChI=1S/C12H4BF7/c1-2(13)3-6(14)4-5(8(16)7(3)15)10(18)12(20)11(19)9(4)17/h2H,1H3. The highest BCUT2D eigenvalue weighted by Gasteiger charge is 2.30. The van der Waals surface area contributed by atoms with Crippen LogP contribution in [0.15, 0.2) is 0 Å². The van der Waals surface area contributed by atoms with Crippen molar-refractivity contribution < 1.29 is 30.7 Å². The molecule has 0 nitrogen and oxygen atoms in total. The van der Waals surface area contributed by atoms with Crippen molar-refractivity contribution in [3.05, 3.63) is 46.3 Å². The van der Waals surface area contributed by atoms with Gasteiger partial charge in [0.2, 0.25) is 0 Å². The second kappa shape index (κ2) is 4.68. The maximum atomic E-state index is 13.9.